The Bertz CT molecular complexity index is 1850. The summed E-state index contributed by atoms with van der Waals surface area (Å²) in [5.41, 5.74) is -1.01. The lowest BCUT2D eigenvalue weighted by Gasteiger charge is -2.65. The van der Waals surface area contributed by atoms with E-state index in [4.69, 9.17) is 47.4 Å². The van der Waals surface area contributed by atoms with Crippen LogP contribution in [0.15, 0.2) is 11.6 Å². The lowest BCUT2D eigenvalue weighted by atomic mass is 9.42. The Balaban J connectivity index is 0.752. The van der Waals surface area contributed by atoms with Gasteiger partial charge >= 0.3 is 11.9 Å². The summed E-state index contributed by atoms with van der Waals surface area (Å²) in [5.74, 6) is -0.580. The average molecular weight is 985 g/mol. The zero-order chi connectivity index (χ0) is 49.5. The first-order valence-electron chi connectivity index (χ1n) is 25.3. The predicted molar refractivity (Wildman–Crippen MR) is 235 cm³/mol. The Hall–Kier alpha value is -1.96. The van der Waals surface area contributed by atoms with E-state index >= 15 is 0 Å². The standard InChI is InChI=1S/C49H76O20/c1-21-43(67-38-17-32(53)44(22(2)62-38)68-39-18-33(64-24(4)51)45(23(3)63-39)69-46-42(58)41(57)40(56)34(19-50)66-46)31(52)16-37(61-21)65-27-9-11-47(5)26(14-27)7-8-29-30(47)15-35(54)48(6)28(10-12-49(29,48)59)25-13-36(55)60-20-25/h13,21-23,26-35,37-46,50,52-54,56-59H,7-12,14-20H2,1-6H3/t21-,22-,23-,26+,27+,28-,29+,30+,31+,32+,33+,34-,35-,37+,38+,39+,40-,41+,42-,43-,44-,45-,46+,47+,48+,49+/m1/s1. The molecule has 8 N–H and O–H groups in total. The highest BCUT2D eigenvalue weighted by atomic mass is 16.8. The van der Waals surface area contributed by atoms with E-state index in [1.165, 1.54) is 6.92 Å². The van der Waals surface area contributed by atoms with Crippen LogP contribution in [0.5, 0.6) is 0 Å². The molecule has 4 saturated carbocycles. The summed E-state index contributed by atoms with van der Waals surface area (Å²) >= 11 is 0. The van der Waals surface area contributed by atoms with Crippen LogP contribution in [0, 0.1) is 34.5 Å². The number of aliphatic hydroxyl groups is 8. The number of aliphatic hydroxyl groups excluding tert-OH is 7. The van der Waals surface area contributed by atoms with Gasteiger partial charge in [0, 0.05) is 37.7 Å². The van der Waals surface area contributed by atoms with Crippen molar-refractivity contribution in [3.63, 3.8) is 0 Å². The number of carbonyl (C=O) groups is 2. The Morgan fingerprint density at radius 1 is 0.710 bits per heavy atom. The number of ether oxygens (including phenoxy) is 10. The zero-order valence-electron chi connectivity index (χ0n) is 40.5. The number of esters is 2. The monoisotopic (exact) mass is 984 g/mol. The van der Waals surface area contributed by atoms with Crippen LogP contribution in [0.1, 0.15) is 112 Å². The highest BCUT2D eigenvalue weighted by Crippen LogP contribution is 2.70. The molecule has 8 fully saturated rings. The molecule has 0 bridgehead atoms. The van der Waals surface area contributed by atoms with E-state index < -0.39 is 134 Å². The van der Waals surface area contributed by atoms with Gasteiger partial charge in [-0.05, 0) is 107 Å². The summed E-state index contributed by atoms with van der Waals surface area (Å²) in [6.45, 7) is 10.3. The molecule has 4 aliphatic carbocycles. The SMILES string of the molecule is CC(=O)O[C@H]1C[C@H](O[C@H]2[C@@H](O)C[C@H](O[C@H]3[C@@H](O)C[C@H](O[C@H]4CC[C@@]5(C)[C@@H](CC[C@H]6[C@@H]5C[C@@H](O)[C@]5(C)[C@@H](C7=CC(=O)OC7)CC[C@]65O)C4)O[C@@H]3C)O[C@@H]2C)O[C@H](C)[C@H]1O[C@@H]1O[C@H](CO)[C@@H](O)[C@H](O)[C@H]1O. The van der Waals surface area contributed by atoms with Crippen molar-refractivity contribution in [1.29, 1.82) is 0 Å². The maximum Gasteiger partial charge on any atom is 0.331 e. The molecular weight excluding hydrogens is 909 g/mol. The molecule has 4 saturated heterocycles. The molecule has 20 heteroatoms. The lowest BCUT2D eigenvalue weighted by molar-refractivity contribution is -0.355. The van der Waals surface area contributed by atoms with Crippen LogP contribution in [0.25, 0.3) is 0 Å². The molecule has 26 atom stereocenters. The first-order valence-corrected chi connectivity index (χ1v) is 25.3. The Morgan fingerprint density at radius 3 is 1.93 bits per heavy atom. The van der Waals surface area contributed by atoms with Crippen LogP contribution in [0.3, 0.4) is 0 Å². The van der Waals surface area contributed by atoms with E-state index in [0.29, 0.717) is 25.2 Å². The first kappa shape index (κ1) is 51.9. The predicted octanol–water partition coefficient (Wildman–Crippen LogP) is 0.613. The molecule has 9 aliphatic rings. The Labute approximate surface area is 402 Å². The zero-order valence-corrected chi connectivity index (χ0v) is 40.5. The number of rotatable bonds is 11. The fourth-order valence-electron chi connectivity index (χ4n) is 14.6. The van der Waals surface area contributed by atoms with E-state index in [2.05, 4.69) is 6.92 Å². The van der Waals surface area contributed by atoms with Crippen molar-refractivity contribution >= 4 is 11.9 Å². The van der Waals surface area contributed by atoms with Crippen molar-refractivity contribution in [2.24, 2.45) is 34.5 Å². The minimum absolute atomic E-state index is 0.00421. The molecule has 0 aromatic carbocycles. The second kappa shape index (κ2) is 20.0. The number of carbonyl (C=O) groups excluding carboxylic acids is 2. The van der Waals surface area contributed by atoms with Gasteiger partial charge in [0.25, 0.3) is 0 Å². The van der Waals surface area contributed by atoms with Crippen molar-refractivity contribution in [3.8, 4) is 0 Å². The van der Waals surface area contributed by atoms with Crippen LogP contribution < -0.4 is 0 Å². The van der Waals surface area contributed by atoms with Crippen molar-refractivity contribution in [3.05, 3.63) is 11.6 Å². The summed E-state index contributed by atoms with van der Waals surface area (Å²) in [4.78, 5) is 24.2. The minimum atomic E-state index is -1.69. The van der Waals surface area contributed by atoms with Crippen LogP contribution in [-0.2, 0) is 57.0 Å². The second-order valence-electron chi connectivity index (χ2n) is 22.2. The largest absolute Gasteiger partial charge is 0.459 e. The van der Waals surface area contributed by atoms with Gasteiger partial charge in [0.05, 0.1) is 54.9 Å². The van der Waals surface area contributed by atoms with Gasteiger partial charge in [-0.3, -0.25) is 4.79 Å². The fraction of sp³-hybridized carbons (Fsp3) is 0.918. The quantitative estimate of drug-likeness (QED) is 0.104. The van der Waals surface area contributed by atoms with Crippen molar-refractivity contribution in [1.82, 2.24) is 0 Å². The molecule has 69 heavy (non-hydrogen) atoms. The molecule has 0 unspecified atom stereocenters. The van der Waals surface area contributed by atoms with E-state index in [9.17, 15) is 50.4 Å². The molecule has 20 nitrogen and oxygen atoms in total. The maximum absolute atomic E-state index is 12.6. The number of cyclic esters (lactones) is 1. The van der Waals surface area contributed by atoms with Crippen molar-refractivity contribution in [2.45, 2.75) is 234 Å². The van der Waals surface area contributed by atoms with E-state index in [1.807, 2.05) is 6.92 Å². The first-order chi connectivity index (χ1) is 32.6. The molecular formula is C49H76O20. The maximum atomic E-state index is 12.6. The molecule has 0 amide bonds. The van der Waals surface area contributed by atoms with E-state index in [-0.39, 0.29) is 61.1 Å². The van der Waals surface area contributed by atoms with Gasteiger partial charge in [-0.2, -0.15) is 0 Å². The van der Waals surface area contributed by atoms with Crippen LogP contribution >= 0.6 is 0 Å². The molecule has 9 rings (SSSR count). The molecule has 5 aliphatic heterocycles. The summed E-state index contributed by atoms with van der Waals surface area (Å²) in [5, 5.41) is 88.1. The van der Waals surface area contributed by atoms with Crippen LogP contribution in [-0.4, -0.2) is 188 Å². The molecule has 0 spiro atoms. The summed E-state index contributed by atoms with van der Waals surface area (Å²) < 4.78 is 60.1. The average Bonchev–Trinajstić information content (AvgIpc) is 3.84. The van der Waals surface area contributed by atoms with Crippen LogP contribution in [0.2, 0.25) is 0 Å². The third-order valence-corrected chi connectivity index (χ3v) is 18.4. The van der Waals surface area contributed by atoms with Gasteiger partial charge in [-0.1, -0.05) is 13.8 Å². The van der Waals surface area contributed by atoms with Crippen molar-refractivity contribution in [2.75, 3.05) is 13.2 Å². The van der Waals surface area contributed by atoms with Gasteiger partial charge in [-0.15, -0.1) is 0 Å². The fourth-order valence-corrected chi connectivity index (χ4v) is 14.6. The van der Waals surface area contributed by atoms with E-state index in [1.54, 1.807) is 26.8 Å². The van der Waals surface area contributed by atoms with Crippen LogP contribution in [0.4, 0.5) is 0 Å². The highest BCUT2D eigenvalue weighted by Gasteiger charge is 2.71. The third kappa shape index (κ3) is 9.48. The van der Waals surface area contributed by atoms with Gasteiger partial charge in [0.1, 0.15) is 55.4 Å². The molecule has 5 heterocycles. The summed E-state index contributed by atoms with van der Waals surface area (Å²) in [6.07, 6.45) is -11.1. The van der Waals surface area contributed by atoms with Gasteiger partial charge in [0.15, 0.2) is 25.2 Å². The van der Waals surface area contributed by atoms with E-state index in [0.717, 1.165) is 37.7 Å². The molecule has 0 aromatic rings. The minimum Gasteiger partial charge on any atom is -0.459 e. The van der Waals surface area contributed by atoms with Gasteiger partial charge in [0.2, 0.25) is 0 Å². The highest BCUT2D eigenvalue weighted by molar-refractivity contribution is 5.85. The van der Waals surface area contributed by atoms with Crippen molar-refractivity contribution < 1.29 is 97.8 Å². The van der Waals surface area contributed by atoms with Gasteiger partial charge < -0.3 is 88.2 Å². The number of hydrogen-bond donors (Lipinski definition) is 8. The Kier molecular flexibility index (Phi) is 15.1. The number of fused-ring (bicyclic) bond motifs is 5. The molecule has 0 aromatic heterocycles. The number of hydrogen-bond acceptors (Lipinski definition) is 20. The lowest BCUT2D eigenvalue weighted by Crippen LogP contribution is -2.67. The molecule has 0 radical (unpaired) electrons. The second-order valence-corrected chi connectivity index (χ2v) is 22.2. The Morgan fingerprint density at radius 2 is 1.33 bits per heavy atom. The normalized spacial score (nSPS) is 53.3. The topological polar surface area (TPSA) is 288 Å². The summed E-state index contributed by atoms with van der Waals surface area (Å²) in [6, 6.07) is 0. The van der Waals surface area contributed by atoms with Gasteiger partial charge in [-0.25, -0.2) is 4.79 Å². The smallest absolute Gasteiger partial charge is 0.331 e. The summed E-state index contributed by atoms with van der Waals surface area (Å²) in [7, 11) is 0. The molecule has 392 valence electrons. The third-order valence-electron chi connectivity index (χ3n) is 18.4.